The lowest BCUT2D eigenvalue weighted by Gasteiger charge is -2.41. The zero-order valence-electron chi connectivity index (χ0n) is 13.6. The number of ether oxygens (including phenoxy) is 1. The van der Waals surface area contributed by atoms with Gasteiger partial charge in [-0.05, 0) is 55.7 Å². The smallest absolute Gasteiger partial charge is 0.122 e. The molecule has 3 rings (SSSR count). The van der Waals surface area contributed by atoms with Crippen molar-refractivity contribution in [3.63, 3.8) is 0 Å². The summed E-state index contributed by atoms with van der Waals surface area (Å²) in [4.78, 5) is 0. The maximum atomic E-state index is 5.85. The lowest BCUT2D eigenvalue weighted by atomic mass is 9.69. The first-order chi connectivity index (χ1) is 10.2. The number of rotatable bonds is 3. The fraction of sp³-hybridized carbons (Fsp3) is 0.684. The van der Waals surface area contributed by atoms with Gasteiger partial charge in [-0.25, -0.2) is 0 Å². The third-order valence-electron chi connectivity index (χ3n) is 5.92. The van der Waals surface area contributed by atoms with Gasteiger partial charge in [0, 0.05) is 12.0 Å². The second kappa shape index (κ2) is 6.39. The molecular formula is C19H29NO. The number of hydrogen-bond acceptors (Lipinski definition) is 2. The minimum atomic E-state index is 0.588. The van der Waals surface area contributed by atoms with Crippen molar-refractivity contribution in [2.75, 3.05) is 13.7 Å². The van der Waals surface area contributed by atoms with Crippen LogP contribution < -0.4 is 10.1 Å². The number of likely N-dealkylation sites (N-methyl/N-ethyl adjacent to an activating group) is 1. The Morgan fingerprint density at radius 3 is 2.67 bits per heavy atom. The monoisotopic (exact) mass is 287 g/mol. The van der Waals surface area contributed by atoms with E-state index in [1.807, 2.05) is 0 Å². The Hall–Kier alpha value is -1.02. The van der Waals surface area contributed by atoms with Gasteiger partial charge in [0.15, 0.2) is 0 Å². The van der Waals surface area contributed by atoms with Crippen LogP contribution in [0, 0.1) is 17.8 Å². The summed E-state index contributed by atoms with van der Waals surface area (Å²) in [6.07, 6.45) is 5.26. The number of benzene rings is 1. The van der Waals surface area contributed by atoms with E-state index in [4.69, 9.17) is 4.74 Å². The van der Waals surface area contributed by atoms with Gasteiger partial charge >= 0.3 is 0 Å². The fourth-order valence-electron chi connectivity index (χ4n) is 4.42. The first-order valence-electron chi connectivity index (χ1n) is 8.59. The van der Waals surface area contributed by atoms with E-state index in [0.717, 1.165) is 36.5 Å². The summed E-state index contributed by atoms with van der Waals surface area (Å²) >= 11 is 0. The van der Waals surface area contributed by atoms with Gasteiger partial charge in [0.2, 0.25) is 0 Å². The van der Waals surface area contributed by atoms with E-state index in [1.54, 1.807) is 0 Å². The van der Waals surface area contributed by atoms with Gasteiger partial charge in [0.05, 0.1) is 6.61 Å². The van der Waals surface area contributed by atoms with Crippen LogP contribution in [-0.4, -0.2) is 19.7 Å². The predicted octanol–water partition coefficient (Wildman–Crippen LogP) is 4.21. The van der Waals surface area contributed by atoms with Crippen LogP contribution in [0.1, 0.15) is 51.0 Å². The SMILES string of the molecule is CNC(C1CCC(C)C(C)C1)C1CCOc2ccccc21. The van der Waals surface area contributed by atoms with Gasteiger partial charge in [-0.15, -0.1) is 0 Å². The third-order valence-corrected chi connectivity index (χ3v) is 5.92. The summed E-state index contributed by atoms with van der Waals surface area (Å²) in [5.74, 6) is 4.25. The van der Waals surface area contributed by atoms with Crippen molar-refractivity contribution in [3.8, 4) is 5.75 Å². The second-order valence-corrected chi connectivity index (χ2v) is 7.12. The normalized spacial score (nSPS) is 33.9. The standard InChI is InChI=1S/C19H29NO/c1-13-8-9-15(12-14(13)2)19(20-3)17-10-11-21-18-7-5-4-6-16(17)18/h4-7,13-15,17,19-20H,8-12H2,1-3H3. The van der Waals surface area contributed by atoms with Gasteiger partial charge in [-0.2, -0.15) is 0 Å². The molecule has 0 radical (unpaired) electrons. The van der Waals surface area contributed by atoms with Gasteiger partial charge < -0.3 is 10.1 Å². The zero-order chi connectivity index (χ0) is 14.8. The van der Waals surface area contributed by atoms with Crippen LogP contribution in [-0.2, 0) is 0 Å². The molecule has 0 bridgehead atoms. The average molecular weight is 287 g/mol. The lowest BCUT2D eigenvalue weighted by molar-refractivity contribution is 0.146. The molecule has 2 heteroatoms. The minimum absolute atomic E-state index is 0.588. The van der Waals surface area contributed by atoms with Crippen LogP contribution in [0.5, 0.6) is 5.75 Å². The maximum Gasteiger partial charge on any atom is 0.122 e. The van der Waals surface area contributed by atoms with Gasteiger partial charge in [0.25, 0.3) is 0 Å². The Morgan fingerprint density at radius 1 is 1.10 bits per heavy atom. The van der Waals surface area contributed by atoms with E-state index in [-0.39, 0.29) is 0 Å². The summed E-state index contributed by atoms with van der Waals surface area (Å²) < 4.78 is 5.85. The van der Waals surface area contributed by atoms with Crippen LogP contribution in [0.2, 0.25) is 0 Å². The molecule has 0 amide bonds. The summed E-state index contributed by atoms with van der Waals surface area (Å²) in [5.41, 5.74) is 1.41. The topological polar surface area (TPSA) is 21.3 Å². The minimum Gasteiger partial charge on any atom is -0.493 e. The summed E-state index contributed by atoms with van der Waals surface area (Å²) in [5, 5.41) is 3.66. The Morgan fingerprint density at radius 2 is 1.90 bits per heavy atom. The lowest BCUT2D eigenvalue weighted by Crippen LogP contribution is -2.43. The fourth-order valence-corrected chi connectivity index (χ4v) is 4.42. The van der Waals surface area contributed by atoms with Gasteiger partial charge in [0.1, 0.15) is 5.75 Å². The number of nitrogens with one attached hydrogen (secondary N) is 1. The first-order valence-corrected chi connectivity index (χ1v) is 8.59. The van der Waals surface area contributed by atoms with E-state index in [1.165, 1.54) is 24.8 Å². The first kappa shape index (κ1) is 14.9. The highest BCUT2D eigenvalue weighted by Gasteiger charge is 2.36. The van der Waals surface area contributed by atoms with Gasteiger partial charge in [-0.3, -0.25) is 0 Å². The molecule has 2 aliphatic rings. The molecule has 21 heavy (non-hydrogen) atoms. The van der Waals surface area contributed by atoms with Crippen molar-refractivity contribution in [3.05, 3.63) is 29.8 Å². The Balaban J connectivity index is 1.81. The van der Waals surface area contributed by atoms with E-state index in [0.29, 0.717) is 12.0 Å². The molecule has 116 valence electrons. The summed E-state index contributed by atoms with van der Waals surface area (Å²) in [6, 6.07) is 9.21. The Kier molecular flexibility index (Phi) is 4.54. The molecule has 1 aliphatic heterocycles. The van der Waals surface area contributed by atoms with E-state index < -0.39 is 0 Å². The van der Waals surface area contributed by atoms with Gasteiger partial charge in [-0.1, -0.05) is 38.5 Å². The van der Waals surface area contributed by atoms with E-state index >= 15 is 0 Å². The molecule has 1 aromatic carbocycles. The molecule has 1 aromatic rings. The quantitative estimate of drug-likeness (QED) is 0.899. The highest BCUT2D eigenvalue weighted by atomic mass is 16.5. The van der Waals surface area contributed by atoms with E-state index in [9.17, 15) is 0 Å². The zero-order valence-corrected chi connectivity index (χ0v) is 13.6. The molecule has 1 N–H and O–H groups in total. The number of para-hydroxylation sites is 1. The van der Waals surface area contributed by atoms with Crippen LogP contribution in [0.15, 0.2) is 24.3 Å². The molecule has 1 aliphatic carbocycles. The van der Waals surface area contributed by atoms with Crippen molar-refractivity contribution in [2.45, 2.75) is 51.5 Å². The Labute approximate surface area is 129 Å². The maximum absolute atomic E-state index is 5.85. The van der Waals surface area contributed by atoms with Crippen LogP contribution >= 0.6 is 0 Å². The molecule has 2 nitrogen and oxygen atoms in total. The molecule has 1 saturated carbocycles. The highest BCUT2D eigenvalue weighted by molar-refractivity contribution is 5.38. The number of fused-ring (bicyclic) bond motifs is 1. The Bertz CT molecular complexity index is 472. The molecule has 5 unspecified atom stereocenters. The summed E-state index contributed by atoms with van der Waals surface area (Å²) in [7, 11) is 2.14. The van der Waals surface area contributed by atoms with Crippen molar-refractivity contribution in [1.29, 1.82) is 0 Å². The van der Waals surface area contributed by atoms with Crippen LogP contribution in [0.4, 0.5) is 0 Å². The molecule has 1 heterocycles. The summed E-state index contributed by atoms with van der Waals surface area (Å²) in [6.45, 7) is 5.71. The predicted molar refractivity (Wildman–Crippen MR) is 87.8 cm³/mol. The molecule has 0 aromatic heterocycles. The van der Waals surface area contributed by atoms with Crippen molar-refractivity contribution in [2.24, 2.45) is 17.8 Å². The molecule has 0 saturated heterocycles. The van der Waals surface area contributed by atoms with Crippen molar-refractivity contribution in [1.82, 2.24) is 5.32 Å². The highest BCUT2D eigenvalue weighted by Crippen LogP contribution is 2.42. The molecule has 1 fully saturated rings. The van der Waals surface area contributed by atoms with Crippen LogP contribution in [0.3, 0.4) is 0 Å². The average Bonchev–Trinajstić information content (AvgIpc) is 2.52. The van der Waals surface area contributed by atoms with Crippen molar-refractivity contribution < 1.29 is 4.74 Å². The molecule has 5 atom stereocenters. The van der Waals surface area contributed by atoms with Crippen molar-refractivity contribution >= 4 is 0 Å². The van der Waals surface area contributed by atoms with E-state index in [2.05, 4.69) is 50.5 Å². The number of hydrogen-bond donors (Lipinski definition) is 1. The molecule has 0 spiro atoms. The largest absolute Gasteiger partial charge is 0.493 e. The third kappa shape index (κ3) is 2.96. The second-order valence-electron chi connectivity index (χ2n) is 7.12. The van der Waals surface area contributed by atoms with Crippen LogP contribution in [0.25, 0.3) is 0 Å². The molecular weight excluding hydrogens is 258 g/mol.